The third kappa shape index (κ3) is 5.21. The van der Waals surface area contributed by atoms with Crippen LogP contribution in [0.1, 0.15) is 51.4 Å². The van der Waals surface area contributed by atoms with Crippen molar-refractivity contribution in [2.45, 2.75) is 52.9 Å². The van der Waals surface area contributed by atoms with Gasteiger partial charge in [-0.3, -0.25) is 10.1 Å². The first-order valence-electron chi connectivity index (χ1n) is 7.33. The van der Waals surface area contributed by atoms with Gasteiger partial charge in [0.2, 0.25) is 11.9 Å². The largest absolute Gasteiger partial charge is 0.330 e. The molecule has 6 nitrogen and oxygen atoms in total. The summed E-state index contributed by atoms with van der Waals surface area (Å²) >= 11 is 0. The molecule has 0 bridgehead atoms. The second-order valence-corrected chi connectivity index (χ2v) is 5.01. The van der Waals surface area contributed by atoms with Gasteiger partial charge in [-0.05, 0) is 38.1 Å². The third-order valence-corrected chi connectivity index (χ3v) is 3.28. The van der Waals surface area contributed by atoms with Gasteiger partial charge in [-0.1, -0.05) is 20.8 Å². The highest BCUT2D eigenvalue weighted by atomic mass is 16.1. The summed E-state index contributed by atoms with van der Waals surface area (Å²) < 4.78 is 0. The SMILES string of the molecule is CCc1nnc(NC(=O)CCC(C)CCN)nc1CC. The molecule has 6 heteroatoms. The van der Waals surface area contributed by atoms with Crippen molar-refractivity contribution >= 4 is 11.9 Å². The highest BCUT2D eigenvalue weighted by Crippen LogP contribution is 2.11. The Balaban J connectivity index is 2.53. The molecule has 0 saturated carbocycles. The van der Waals surface area contributed by atoms with Crippen molar-refractivity contribution in [3.63, 3.8) is 0 Å². The standard InChI is InChI=1S/C14H25N5O/c1-4-11-12(5-2)18-19-14(16-11)17-13(20)7-6-10(3)8-9-15/h10H,4-9,15H2,1-3H3,(H,16,17,19,20). The average Bonchev–Trinajstić information content (AvgIpc) is 2.45. The zero-order valence-electron chi connectivity index (χ0n) is 12.6. The minimum absolute atomic E-state index is 0.0676. The Morgan fingerprint density at radius 1 is 1.20 bits per heavy atom. The van der Waals surface area contributed by atoms with Crippen LogP contribution in [0.5, 0.6) is 0 Å². The fourth-order valence-corrected chi connectivity index (χ4v) is 1.98. The van der Waals surface area contributed by atoms with Crippen LogP contribution in [0.2, 0.25) is 0 Å². The lowest BCUT2D eigenvalue weighted by Crippen LogP contribution is -2.17. The lowest BCUT2D eigenvalue weighted by Gasteiger charge is -2.10. The molecule has 1 aromatic rings. The molecule has 112 valence electrons. The second kappa shape index (κ2) is 8.58. The number of hydrogen-bond acceptors (Lipinski definition) is 5. The number of aromatic nitrogens is 3. The lowest BCUT2D eigenvalue weighted by molar-refractivity contribution is -0.116. The summed E-state index contributed by atoms with van der Waals surface area (Å²) in [7, 11) is 0. The molecule has 1 aromatic heterocycles. The van der Waals surface area contributed by atoms with Gasteiger partial charge in [0.15, 0.2) is 0 Å². The van der Waals surface area contributed by atoms with Crippen LogP contribution in [-0.4, -0.2) is 27.6 Å². The summed E-state index contributed by atoms with van der Waals surface area (Å²) in [6.45, 7) is 6.79. The van der Waals surface area contributed by atoms with Crippen molar-refractivity contribution in [1.82, 2.24) is 15.2 Å². The van der Waals surface area contributed by atoms with Crippen molar-refractivity contribution in [2.24, 2.45) is 11.7 Å². The number of rotatable bonds is 8. The third-order valence-electron chi connectivity index (χ3n) is 3.28. The number of anilines is 1. The van der Waals surface area contributed by atoms with Crippen LogP contribution in [0.25, 0.3) is 0 Å². The summed E-state index contributed by atoms with van der Waals surface area (Å²) in [5.41, 5.74) is 7.28. The summed E-state index contributed by atoms with van der Waals surface area (Å²) in [5.74, 6) is 0.691. The summed E-state index contributed by atoms with van der Waals surface area (Å²) in [4.78, 5) is 16.2. The van der Waals surface area contributed by atoms with Gasteiger partial charge in [0.05, 0.1) is 11.4 Å². The molecule has 1 unspecified atom stereocenters. The molecule has 0 aliphatic carbocycles. The number of aryl methyl sites for hydroxylation is 2. The van der Waals surface area contributed by atoms with E-state index in [9.17, 15) is 4.79 Å². The van der Waals surface area contributed by atoms with E-state index in [4.69, 9.17) is 5.73 Å². The van der Waals surface area contributed by atoms with E-state index < -0.39 is 0 Å². The van der Waals surface area contributed by atoms with E-state index in [1.807, 2.05) is 13.8 Å². The molecule has 0 spiro atoms. The number of hydrogen-bond donors (Lipinski definition) is 2. The van der Waals surface area contributed by atoms with Gasteiger partial charge in [0, 0.05) is 6.42 Å². The smallest absolute Gasteiger partial charge is 0.249 e. The molecule has 0 saturated heterocycles. The molecule has 1 atom stereocenters. The average molecular weight is 279 g/mol. The Morgan fingerprint density at radius 3 is 2.50 bits per heavy atom. The molecular formula is C14H25N5O. The van der Waals surface area contributed by atoms with Crippen molar-refractivity contribution in [2.75, 3.05) is 11.9 Å². The molecular weight excluding hydrogens is 254 g/mol. The number of amides is 1. The van der Waals surface area contributed by atoms with Crippen molar-refractivity contribution in [3.8, 4) is 0 Å². The molecule has 20 heavy (non-hydrogen) atoms. The van der Waals surface area contributed by atoms with E-state index >= 15 is 0 Å². The van der Waals surface area contributed by atoms with Crippen LogP contribution in [0, 0.1) is 5.92 Å². The normalized spacial score (nSPS) is 12.2. The fourth-order valence-electron chi connectivity index (χ4n) is 1.98. The van der Waals surface area contributed by atoms with E-state index in [-0.39, 0.29) is 5.91 Å². The quantitative estimate of drug-likeness (QED) is 0.755. The Labute approximate surface area is 120 Å². The Kier molecular flexibility index (Phi) is 7.08. The van der Waals surface area contributed by atoms with Crippen LogP contribution in [0.15, 0.2) is 0 Å². The van der Waals surface area contributed by atoms with Crippen molar-refractivity contribution < 1.29 is 4.79 Å². The van der Waals surface area contributed by atoms with E-state index in [1.54, 1.807) is 0 Å². The highest BCUT2D eigenvalue weighted by Gasteiger charge is 2.10. The molecule has 0 aliphatic heterocycles. The topological polar surface area (TPSA) is 93.8 Å². The van der Waals surface area contributed by atoms with Crippen LogP contribution < -0.4 is 11.1 Å². The minimum Gasteiger partial charge on any atom is -0.330 e. The lowest BCUT2D eigenvalue weighted by atomic mass is 10.0. The molecule has 1 amide bonds. The Hall–Kier alpha value is -1.56. The molecule has 3 N–H and O–H groups in total. The molecule has 1 rings (SSSR count). The van der Waals surface area contributed by atoms with Crippen LogP contribution >= 0.6 is 0 Å². The first kappa shape index (κ1) is 16.5. The van der Waals surface area contributed by atoms with Gasteiger partial charge in [0.1, 0.15) is 0 Å². The molecule has 0 aliphatic rings. The summed E-state index contributed by atoms with van der Waals surface area (Å²) in [6, 6.07) is 0. The van der Waals surface area contributed by atoms with Crippen molar-refractivity contribution in [1.29, 1.82) is 0 Å². The van der Waals surface area contributed by atoms with Crippen molar-refractivity contribution in [3.05, 3.63) is 11.4 Å². The number of carbonyl (C=O) groups excluding carboxylic acids is 1. The number of nitrogens with zero attached hydrogens (tertiary/aromatic N) is 3. The Bertz CT molecular complexity index is 436. The van der Waals surface area contributed by atoms with E-state index in [2.05, 4.69) is 27.4 Å². The minimum atomic E-state index is -0.0676. The maximum atomic E-state index is 11.8. The number of carbonyl (C=O) groups is 1. The first-order chi connectivity index (χ1) is 9.60. The predicted octanol–water partition coefficient (Wildman–Crippen LogP) is 1.70. The predicted molar refractivity (Wildman–Crippen MR) is 79.3 cm³/mol. The van der Waals surface area contributed by atoms with E-state index in [0.717, 1.165) is 37.1 Å². The highest BCUT2D eigenvalue weighted by molar-refractivity contribution is 5.88. The monoisotopic (exact) mass is 279 g/mol. The maximum absolute atomic E-state index is 11.8. The number of nitrogens with one attached hydrogen (secondary N) is 1. The summed E-state index contributed by atoms with van der Waals surface area (Å²) in [6.07, 6.45) is 3.81. The fraction of sp³-hybridized carbons (Fsp3) is 0.714. The summed E-state index contributed by atoms with van der Waals surface area (Å²) in [5, 5.41) is 10.8. The maximum Gasteiger partial charge on any atom is 0.249 e. The zero-order chi connectivity index (χ0) is 15.0. The van der Waals surface area contributed by atoms with E-state index in [1.165, 1.54) is 0 Å². The number of nitrogens with two attached hydrogens (primary N) is 1. The van der Waals surface area contributed by atoms with Crippen LogP contribution in [-0.2, 0) is 17.6 Å². The van der Waals surface area contributed by atoms with E-state index in [0.29, 0.717) is 24.8 Å². The van der Waals surface area contributed by atoms with Crippen LogP contribution in [0.4, 0.5) is 5.95 Å². The second-order valence-electron chi connectivity index (χ2n) is 5.01. The van der Waals surface area contributed by atoms with Gasteiger partial charge >= 0.3 is 0 Å². The molecule has 0 fully saturated rings. The van der Waals surface area contributed by atoms with Crippen LogP contribution in [0.3, 0.4) is 0 Å². The van der Waals surface area contributed by atoms with Gasteiger partial charge in [-0.15, -0.1) is 10.2 Å². The Morgan fingerprint density at radius 2 is 1.90 bits per heavy atom. The van der Waals surface area contributed by atoms with Gasteiger partial charge in [-0.2, -0.15) is 0 Å². The van der Waals surface area contributed by atoms with Gasteiger partial charge < -0.3 is 5.73 Å². The molecule has 1 heterocycles. The zero-order valence-corrected chi connectivity index (χ0v) is 12.6. The van der Waals surface area contributed by atoms with Gasteiger partial charge in [0.25, 0.3) is 0 Å². The first-order valence-corrected chi connectivity index (χ1v) is 7.33. The molecule has 0 aromatic carbocycles. The molecule has 0 radical (unpaired) electrons. The van der Waals surface area contributed by atoms with Gasteiger partial charge in [-0.25, -0.2) is 4.98 Å².